The van der Waals surface area contributed by atoms with Crippen molar-refractivity contribution >= 4 is 29.1 Å². The Morgan fingerprint density at radius 2 is 1.88 bits per heavy atom. The number of methoxy groups -OCH3 is 1. The van der Waals surface area contributed by atoms with Crippen molar-refractivity contribution in [2.45, 2.75) is 25.8 Å². The predicted octanol–water partition coefficient (Wildman–Crippen LogP) is 3.83. The summed E-state index contributed by atoms with van der Waals surface area (Å²) in [5, 5.41) is 14.1. The molecule has 11 nitrogen and oxygen atoms in total. The first-order valence-corrected chi connectivity index (χ1v) is 12.9. The van der Waals surface area contributed by atoms with Gasteiger partial charge in [-0.3, -0.25) is 14.5 Å². The van der Waals surface area contributed by atoms with Crippen LogP contribution in [0.15, 0.2) is 47.5 Å². The largest absolute Gasteiger partial charge is 0.479 e. The number of benzene rings is 1. The number of fused-ring (bicyclic) bond motifs is 1. The smallest absolute Gasteiger partial charge is 0.280 e. The average Bonchev–Trinajstić information content (AvgIpc) is 3.46. The van der Waals surface area contributed by atoms with Gasteiger partial charge in [-0.1, -0.05) is 37.6 Å². The highest BCUT2D eigenvalue weighted by Crippen LogP contribution is 2.46. The van der Waals surface area contributed by atoms with E-state index in [1.165, 1.54) is 17.7 Å². The lowest BCUT2D eigenvalue weighted by Crippen LogP contribution is -2.31. The number of amides is 1. The number of anilines is 2. The summed E-state index contributed by atoms with van der Waals surface area (Å²) in [5.41, 5.74) is 3.56. The number of nitriles is 1. The van der Waals surface area contributed by atoms with Gasteiger partial charge in [0.05, 0.1) is 42.4 Å². The minimum absolute atomic E-state index is 0.00654. The quantitative estimate of drug-likeness (QED) is 0.350. The van der Waals surface area contributed by atoms with Crippen molar-refractivity contribution in [2.75, 3.05) is 31.0 Å². The zero-order chi connectivity index (χ0) is 28.9. The molecule has 0 bridgehead atoms. The van der Waals surface area contributed by atoms with Gasteiger partial charge in [-0.15, -0.1) is 0 Å². The molecular weight excluding hydrogens is 532 g/mol. The molecule has 1 aromatic carbocycles. The molecule has 1 amide bonds. The van der Waals surface area contributed by atoms with Crippen molar-refractivity contribution in [3.63, 3.8) is 0 Å². The number of rotatable bonds is 6. The van der Waals surface area contributed by atoms with Crippen molar-refractivity contribution in [1.82, 2.24) is 24.3 Å². The van der Waals surface area contributed by atoms with Crippen LogP contribution in [0.3, 0.4) is 0 Å². The van der Waals surface area contributed by atoms with Crippen molar-refractivity contribution in [1.29, 1.82) is 5.26 Å². The minimum Gasteiger partial charge on any atom is -0.479 e. The van der Waals surface area contributed by atoms with Gasteiger partial charge in [-0.05, 0) is 29.7 Å². The maximum atomic E-state index is 14.1. The van der Waals surface area contributed by atoms with E-state index in [9.17, 15) is 14.9 Å². The lowest BCUT2D eigenvalue weighted by Gasteiger charge is -2.28. The highest BCUT2D eigenvalue weighted by atomic mass is 35.5. The van der Waals surface area contributed by atoms with Crippen LogP contribution < -0.4 is 20.1 Å². The van der Waals surface area contributed by atoms with Crippen LogP contribution in [-0.4, -0.2) is 51.4 Å². The molecule has 5 rings (SSSR count). The van der Waals surface area contributed by atoms with Gasteiger partial charge in [0, 0.05) is 32.9 Å². The van der Waals surface area contributed by atoms with Crippen LogP contribution in [0, 0.1) is 11.3 Å². The molecule has 0 saturated heterocycles. The summed E-state index contributed by atoms with van der Waals surface area (Å²) < 4.78 is 8.62. The van der Waals surface area contributed by atoms with E-state index >= 15 is 0 Å². The first kappa shape index (κ1) is 26.9. The maximum absolute atomic E-state index is 14.1. The standard InChI is InChI=1S/C28H27ClN8O3/c1-15(2)23-21-22(33-37(23)20-13-31-28(34(3)4)32-25(20)40-6)27(39)36(18-11-19(29)26(38)35(5)14-18)24(21)17-9-7-16(12-30)8-10-17/h7-11,13-15,24H,1-6H3/t24-/m1/s1. The Morgan fingerprint density at radius 1 is 1.18 bits per heavy atom. The van der Waals surface area contributed by atoms with E-state index in [0.29, 0.717) is 34.3 Å². The Kier molecular flexibility index (Phi) is 6.81. The van der Waals surface area contributed by atoms with Crippen LogP contribution in [0.5, 0.6) is 5.88 Å². The Balaban J connectivity index is 1.78. The van der Waals surface area contributed by atoms with Gasteiger partial charge < -0.3 is 14.2 Å². The second kappa shape index (κ2) is 10.1. The summed E-state index contributed by atoms with van der Waals surface area (Å²) in [7, 11) is 6.76. The summed E-state index contributed by atoms with van der Waals surface area (Å²) in [6.45, 7) is 4.03. The second-order valence-corrected chi connectivity index (χ2v) is 10.4. The Bertz CT molecular complexity index is 1710. The van der Waals surface area contributed by atoms with E-state index in [1.807, 2.05) is 40.1 Å². The summed E-state index contributed by atoms with van der Waals surface area (Å²) in [6.07, 6.45) is 3.20. The third kappa shape index (κ3) is 4.26. The summed E-state index contributed by atoms with van der Waals surface area (Å²) in [5.74, 6) is 0.345. The Morgan fingerprint density at radius 3 is 2.45 bits per heavy atom. The van der Waals surface area contributed by atoms with Crippen molar-refractivity contribution in [3.8, 4) is 17.6 Å². The first-order chi connectivity index (χ1) is 19.1. The number of halogens is 1. The third-order valence-corrected chi connectivity index (χ3v) is 7.03. The first-order valence-electron chi connectivity index (χ1n) is 12.5. The molecule has 4 heterocycles. The normalized spacial score (nSPS) is 14.4. The molecule has 4 aromatic rings. The molecule has 1 atom stereocenters. The van der Waals surface area contributed by atoms with E-state index in [-0.39, 0.29) is 28.1 Å². The molecular formula is C28H27ClN8O3. The molecule has 0 saturated carbocycles. The molecule has 0 unspecified atom stereocenters. The van der Waals surface area contributed by atoms with Crippen LogP contribution in [0.25, 0.3) is 5.69 Å². The van der Waals surface area contributed by atoms with Gasteiger partial charge in [0.2, 0.25) is 11.8 Å². The van der Waals surface area contributed by atoms with E-state index in [1.54, 1.807) is 46.1 Å². The molecule has 204 valence electrons. The van der Waals surface area contributed by atoms with Gasteiger partial charge in [-0.25, -0.2) is 9.67 Å². The second-order valence-electron chi connectivity index (χ2n) is 9.95. The van der Waals surface area contributed by atoms with Crippen molar-refractivity contribution in [3.05, 3.63) is 86.2 Å². The molecule has 0 fully saturated rings. The molecule has 0 radical (unpaired) electrons. The molecule has 0 aliphatic carbocycles. The topological polar surface area (TPSA) is 122 Å². The van der Waals surface area contributed by atoms with Gasteiger partial charge in [0.15, 0.2) is 5.69 Å². The molecule has 40 heavy (non-hydrogen) atoms. The number of carbonyl (C=O) groups is 1. The van der Waals surface area contributed by atoms with E-state index in [4.69, 9.17) is 21.4 Å². The number of hydrogen-bond donors (Lipinski definition) is 0. The van der Waals surface area contributed by atoms with Gasteiger partial charge >= 0.3 is 0 Å². The number of pyridine rings is 1. The number of hydrogen-bond acceptors (Lipinski definition) is 8. The van der Waals surface area contributed by atoms with Crippen LogP contribution >= 0.6 is 11.6 Å². The molecule has 12 heteroatoms. The number of carbonyl (C=O) groups excluding carboxylic acids is 1. The molecule has 0 spiro atoms. The summed E-state index contributed by atoms with van der Waals surface area (Å²) in [4.78, 5) is 38.8. The van der Waals surface area contributed by atoms with E-state index < -0.39 is 6.04 Å². The lowest BCUT2D eigenvalue weighted by atomic mass is 9.94. The average molecular weight is 559 g/mol. The SMILES string of the molecule is COc1nc(N(C)C)ncc1-n1nc2c(c1C(C)C)[C@@H](c1ccc(C#N)cc1)N(c1cc(Cl)c(=O)n(C)c1)C2=O. The third-order valence-electron chi connectivity index (χ3n) is 6.76. The Hall–Kier alpha value is -4.69. The van der Waals surface area contributed by atoms with E-state index in [0.717, 1.165) is 11.3 Å². The lowest BCUT2D eigenvalue weighted by molar-refractivity contribution is 0.0988. The van der Waals surface area contributed by atoms with Crippen LogP contribution in [0.1, 0.15) is 58.7 Å². The summed E-state index contributed by atoms with van der Waals surface area (Å²) in [6, 6.07) is 10.1. The highest BCUT2D eigenvalue weighted by Gasteiger charge is 2.45. The van der Waals surface area contributed by atoms with Gasteiger partial charge in [0.1, 0.15) is 10.7 Å². The number of nitrogens with zero attached hydrogens (tertiary/aromatic N) is 8. The fourth-order valence-corrected chi connectivity index (χ4v) is 5.19. The number of aryl methyl sites for hydroxylation is 1. The maximum Gasteiger partial charge on any atom is 0.280 e. The number of aromatic nitrogens is 5. The fourth-order valence-electron chi connectivity index (χ4n) is 4.94. The van der Waals surface area contributed by atoms with Crippen LogP contribution in [-0.2, 0) is 7.05 Å². The highest BCUT2D eigenvalue weighted by molar-refractivity contribution is 6.30. The minimum atomic E-state index is -0.608. The Labute approximate surface area is 235 Å². The van der Waals surface area contributed by atoms with Gasteiger partial charge in [0.25, 0.3) is 11.5 Å². The number of ether oxygens (including phenoxy) is 1. The zero-order valence-electron chi connectivity index (χ0n) is 22.9. The van der Waals surface area contributed by atoms with Gasteiger partial charge in [-0.2, -0.15) is 15.3 Å². The molecule has 0 N–H and O–H groups in total. The zero-order valence-corrected chi connectivity index (χ0v) is 23.6. The van der Waals surface area contributed by atoms with Crippen LogP contribution in [0.2, 0.25) is 5.02 Å². The van der Waals surface area contributed by atoms with Crippen molar-refractivity contribution in [2.24, 2.45) is 7.05 Å². The van der Waals surface area contributed by atoms with Crippen molar-refractivity contribution < 1.29 is 9.53 Å². The molecule has 1 aliphatic rings. The molecule has 1 aliphatic heterocycles. The van der Waals surface area contributed by atoms with E-state index in [2.05, 4.69) is 16.0 Å². The fraction of sp³-hybridized carbons (Fsp3) is 0.286. The predicted molar refractivity (Wildman–Crippen MR) is 151 cm³/mol. The monoisotopic (exact) mass is 558 g/mol. The van der Waals surface area contributed by atoms with Crippen LogP contribution in [0.4, 0.5) is 11.6 Å². The summed E-state index contributed by atoms with van der Waals surface area (Å²) >= 11 is 6.26. The molecule has 3 aromatic heterocycles.